The lowest BCUT2D eigenvalue weighted by Gasteiger charge is -2.06. The standard InChI is InChI=1S/C19H21N7/c1-14-15(12-26(24-14)16-8-4-3-5-9-16)7-6-10-20-18-17-11-23-25(2)19(17)22-13-21-18/h3-5,8-9,11-13H,6-7,10H2,1-2H3,(H,20,21,22). The van der Waals surface area contributed by atoms with E-state index < -0.39 is 0 Å². The van der Waals surface area contributed by atoms with Crippen molar-refractivity contribution in [1.82, 2.24) is 29.5 Å². The van der Waals surface area contributed by atoms with E-state index in [2.05, 4.69) is 50.7 Å². The SMILES string of the molecule is Cc1nn(-c2ccccc2)cc1CCCNc1ncnc2c1cnn2C. The van der Waals surface area contributed by atoms with Crippen molar-refractivity contribution in [1.29, 1.82) is 0 Å². The van der Waals surface area contributed by atoms with Crippen molar-refractivity contribution in [3.63, 3.8) is 0 Å². The molecule has 7 heteroatoms. The number of nitrogens with zero attached hydrogens (tertiary/aromatic N) is 6. The molecule has 0 saturated carbocycles. The summed E-state index contributed by atoms with van der Waals surface area (Å²) in [6.45, 7) is 2.89. The molecule has 0 amide bonds. The first kappa shape index (κ1) is 16.3. The van der Waals surface area contributed by atoms with Gasteiger partial charge in [0.15, 0.2) is 5.65 Å². The molecule has 0 fully saturated rings. The molecule has 0 bridgehead atoms. The number of anilines is 1. The topological polar surface area (TPSA) is 73.5 Å². The molecule has 0 atom stereocenters. The largest absolute Gasteiger partial charge is 0.369 e. The van der Waals surface area contributed by atoms with Gasteiger partial charge in [-0.25, -0.2) is 14.6 Å². The van der Waals surface area contributed by atoms with Gasteiger partial charge in [-0.2, -0.15) is 10.2 Å². The smallest absolute Gasteiger partial charge is 0.163 e. The van der Waals surface area contributed by atoms with Gasteiger partial charge in [-0.15, -0.1) is 0 Å². The Hall–Kier alpha value is -3.22. The lowest BCUT2D eigenvalue weighted by molar-refractivity contribution is 0.785. The van der Waals surface area contributed by atoms with Gasteiger partial charge < -0.3 is 5.32 Å². The molecule has 132 valence electrons. The van der Waals surface area contributed by atoms with E-state index in [1.54, 1.807) is 17.2 Å². The molecule has 4 aromatic rings. The molecule has 1 N–H and O–H groups in total. The van der Waals surface area contributed by atoms with E-state index >= 15 is 0 Å². The number of para-hydroxylation sites is 1. The van der Waals surface area contributed by atoms with Gasteiger partial charge in [0.2, 0.25) is 0 Å². The second-order valence-electron chi connectivity index (χ2n) is 6.28. The second kappa shape index (κ2) is 6.95. The van der Waals surface area contributed by atoms with Gasteiger partial charge in [0.1, 0.15) is 12.1 Å². The first-order chi connectivity index (χ1) is 12.7. The molecule has 0 aliphatic rings. The maximum atomic E-state index is 4.63. The third kappa shape index (κ3) is 3.15. The second-order valence-corrected chi connectivity index (χ2v) is 6.28. The van der Waals surface area contributed by atoms with Crippen molar-refractivity contribution in [2.45, 2.75) is 19.8 Å². The predicted molar refractivity (Wildman–Crippen MR) is 101 cm³/mol. The fourth-order valence-electron chi connectivity index (χ4n) is 3.04. The summed E-state index contributed by atoms with van der Waals surface area (Å²) in [4.78, 5) is 8.59. The Bertz CT molecular complexity index is 1020. The van der Waals surface area contributed by atoms with Gasteiger partial charge in [0.25, 0.3) is 0 Å². The average Bonchev–Trinajstić information content (AvgIpc) is 3.23. The summed E-state index contributed by atoms with van der Waals surface area (Å²) >= 11 is 0. The molecule has 3 aromatic heterocycles. The Morgan fingerprint density at radius 2 is 1.96 bits per heavy atom. The van der Waals surface area contributed by atoms with Gasteiger partial charge in [-0.1, -0.05) is 18.2 Å². The Morgan fingerprint density at radius 1 is 1.12 bits per heavy atom. The summed E-state index contributed by atoms with van der Waals surface area (Å²) in [5, 5.41) is 13.2. The summed E-state index contributed by atoms with van der Waals surface area (Å²) in [7, 11) is 1.88. The molecule has 4 rings (SSSR count). The molecule has 0 saturated heterocycles. The molecule has 0 aliphatic carbocycles. The zero-order valence-electron chi connectivity index (χ0n) is 14.9. The highest BCUT2D eigenvalue weighted by molar-refractivity contribution is 5.85. The summed E-state index contributed by atoms with van der Waals surface area (Å²) in [6.07, 6.45) is 7.45. The zero-order chi connectivity index (χ0) is 17.9. The van der Waals surface area contributed by atoms with E-state index in [-0.39, 0.29) is 0 Å². The first-order valence-corrected chi connectivity index (χ1v) is 8.69. The van der Waals surface area contributed by atoms with E-state index in [0.717, 1.165) is 47.6 Å². The van der Waals surface area contributed by atoms with Crippen molar-refractivity contribution >= 4 is 16.9 Å². The molecule has 0 aliphatic heterocycles. The maximum absolute atomic E-state index is 4.63. The molecular weight excluding hydrogens is 326 g/mol. The van der Waals surface area contributed by atoms with Crippen molar-refractivity contribution in [2.75, 3.05) is 11.9 Å². The minimum absolute atomic E-state index is 0.830. The fourth-order valence-corrected chi connectivity index (χ4v) is 3.04. The summed E-state index contributed by atoms with van der Waals surface area (Å²) in [5.41, 5.74) is 4.26. The van der Waals surface area contributed by atoms with Crippen molar-refractivity contribution < 1.29 is 0 Å². The van der Waals surface area contributed by atoms with Crippen LogP contribution < -0.4 is 5.32 Å². The van der Waals surface area contributed by atoms with E-state index in [1.807, 2.05) is 29.9 Å². The Morgan fingerprint density at radius 3 is 2.81 bits per heavy atom. The van der Waals surface area contributed by atoms with Crippen LogP contribution in [0.25, 0.3) is 16.7 Å². The van der Waals surface area contributed by atoms with Crippen LogP contribution in [0.2, 0.25) is 0 Å². The summed E-state index contributed by atoms with van der Waals surface area (Å²) in [6, 6.07) is 10.2. The molecule has 0 radical (unpaired) electrons. The van der Waals surface area contributed by atoms with Crippen molar-refractivity contribution in [2.24, 2.45) is 7.05 Å². The molecule has 26 heavy (non-hydrogen) atoms. The zero-order valence-corrected chi connectivity index (χ0v) is 14.9. The summed E-state index contributed by atoms with van der Waals surface area (Å²) in [5.74, 6) is 0.833. The lowest BCUT2D eigenvalue weighted by Crippen LogP contribution is -2.05. The molecule has 7 nitrogen and oxygen atoms in total. The van der Waals surface area contributed by atoms with E-state index in [1.165, 1.54) is 5.56 Å². The number of fused-ring (bicyclic) bond motifs is 1. The number of aryl methyl sites for hydroxylation is 3. The van der Waals surface area contributed by atoms with Crippen LogP contribution in [0.15, 0.2) is 49.1 Å². The van der Waals surface area contributed by atoms with E-state index in [9.17, 15) is 0 Å². The van der Waals surface area contributed by atoms with Gasteiger partial charge in [0.05, 0.1) is 23.0 Å². The number of rotatable bonds is 6. The van der Waals surface area contributed by atoms with Crippen LogP contribution in [0.4, 0.5) is 5.82 Å². The first-order valence-electron chi connectivity index (χ1n) is 8.69. The van der Waals surface area contributed by atoms with Crippen LogP contribution in [0.1, 0.15) is 17.7 Å². The molecule has 3 heterocycles. The van der Waals surface area contributed by atoms with Gasteiger partial charge in [0, 0.05) is 19.8 Å². The quantitative estimate of drug-likeness (QED) is 0.543. The Labute approximate surface area is 151 Å². The normalized spacial score (nSPS) is 11.2. The maximum Gasteiger partial charge on any atom is 0.163 e. The highest BCUT2D eigenvalue weighted by Crippen LogP contribution is 2.18. The van der Waals surface area contributed by atoms with Crippen molar-refractivity contribution in [3.05, 3.63) is 60.3 Å². The minimum atomic E-state index is 0.830. The molecule has 1 aromatic carbocycles. The third-order valence-corrected chi connectivity index (χ3v) is 4.47. The van der Waals surface area contributed by atoms with Crippen LogP contribution in [-0.4, -0.2) is 36.1 Å². The predicted octanol–water partition coefficient (Wildman–Crippen LogP) is 2.90. The highest BCUT2D eigenvalue weighted by atomic mass is 15.3. The van der Waals surface area contributed by atoms with Gasteiger partial charge in [-0.05, 0) is 37.5 Å². The number of benzene rings is 1. The number of hydrogen-bond acceptors (Lipinski definition) is 5. The molecular formula is C19H21N7. The van der Waals surface area contributed by atoms with Gasteiger partial charge in [-0.3, -0.25) is 4.68 Å². The highest BCUT2D eigenvalue weighted by Gasteiger charge is 2.08. The van der Waals surface area contributed by atoms with E-state index in [0.29, 0.717) is 0 Å². The fraction of sp³-hybridized carbons (Fsp3) is 0.263. The van der Waals surface area contributed by atoms with E-state index in [4.69, 9.17) is 0 Å². The Kier molecular flexibility index (Phi) is 4.35. The number of nitrogens with one attached hydrogen (secondary N) is 1. The van der Waals surface area contributed by atoms with Crippen LogP contribution >= 0.6 is 0 Å². The summed E-state index contributed by atoms with van der Waals surface area (Å²) < 4.78 is 3.70. The Balaban J connectivity index is 1.38. The molecule has 0 unspecified atom stereocenters. The van der Waals surface area contributed by atoms with Crippen LogP contribution in [0.3, 0.4) is 0 Å². The van der Waals surface area contributed by atoms with Crippen molar-refractivity contribution in [3.8, 4) is 5.69 Å². The average molecular weight is 347 g/mol. The lowest BCUT2D eigenvalue weighted by atomic mass is 10.1. The monoisotopic (exact) mass is 347 g/mol. The van der Waals surface area contributed by atoms with Gasteiger partial charge >= 0.3 is 0 Å². The van der Waals surface area contributed by atoms with Crippen LogP contribution in [0, 0.1) is 6.92 Å². The third-order valence-electron chi connectivity index (χ3n) is 4.47. The van der Waals surface area contributed by atoms with Crippen LogP contribution in [0.5, 0.6) is 0 Å². The number of aromatic nitrogens is 6. The van der Waals surface area contributed by atoms with Crippen LogP contribution in [-0.2, 0) is 13.5 Å². The minimum Gasteiger partial charge on any atom is -0.369 e. The molecule has 0 spiro atoms. The number of hydrogen-bond donors (Lipinski definition) is 1.